The average Bonchev–Trinajstić information content (AvgIpc) is 2.58. The van der Waals surface area contributed by atoms with Crippen LogP contribution in [0.1, 0.15) is 15.9 Å². The lowest BCUT2D eigenvalue weighted by molar-refractivity contribution is 0.103. The summed E-state index contributed by atoms with van der Waals surface area (Å²) in [5.41, 5.74) is -0.743. The molecule has 0 saturated heterocycles. The molecule has 13 heteroatoms. The Hall–Kier alpha value is -2.87. The van der Waals surface area contributed by atoms with Crippen LogP contribution in [0, 0.1) is 0 Å². The van der Waals surface area contributed by atoms with Gasteiger partial charge < -0.3 is 17.8 Å². The first-order valence-electron chi connectivity index (χ1n) is 7.18. The zero-order valence-electron chi connectivity index (χ0n) is 14.3. The van der Waals surface area contributed by atoms with E-state index in [0.29, 0.717) is 0 Å². The Morgan fingerprint density at radius 2 is 1.11 bits per heavy atom. The van der Waals surface area contributed by atoms with E-state index in [1.807, 2.05) is 0 Å². The Labute approximate surface area is 160 Å². The van der Waals surface area contributed by atoms with Crippen molar-refractivity contribution in [2.75, 3.05) is 14.2 Å². The van der Waals surface area contributed by atoms with Crippen LogP contribution in [0.4, 0.5) is 0 Å². The van der Waals surface area contributed by atoms with E-state index >= 15 is 0 Å². The molecule has 2 N–H and O–H groups in total. The van der Waals surface area contributed by atoms with E-state index in [0.717, 1.165) is 24.3 Å². The van der Waals surface area contributed by atoms with Crippen molar-refractivity contribution in [3.8, 4) is 23.0 Å². The van der Waals surface area contributed by atoms with E-state index in [9.17, 15) is 21.6 Å². The highest BCUT2D eigenvalue weighted by Crippen LogP contribution is 2.32. The number of methoxy groups -OCH3 is 2. The highest BCUT2D eigenvalue weighted by Gasteiger charge is 2.24. The van der Waals surface area contributed by atoms with E-state index < -0.39 is 38.1 Å². The first kappa shape index (κ1) is 21.4. The zero-order valence-corrected chi connectivity index (χ0v) is 16.0. The van der Waals surface area contributed by atoms with Crippen molar-refractivity contribution in [2.45, 2.75) is 0 Å². The molecule has 0 bridgehead atoms. The van der Waals surface area contributed by atoms with Crippen LogP contribution in [0.25, 0.3) is 0 Å². The van der Waals surface area contributed by atoms with E-state index in [2.05, 4.69) is 8.37 Å². The predicted octanol–water partition coefficient (Wildman–Crippen LogP) is 1.30. The third-order valence-corrected chi connectivity index (χ3v) is 4.04. The normalized spacial score (nSPS) is 11.6. The lowest BCUT2D eigenvalue weighted by atomic mass is 10.0. The van der Waals surface area contributed by atoms with Gasteiger partial charge >= 0.3 is 20.8 Å². The molecule has 0 aliphatic heterocycles. The molecule has 0 aliphatic carbocycles. The van der Waals surface area contributed by atoms with Gasteiger partial charge in [-0.2, -0.15) is 16.8 Å². The van der Waals surface area contributed by atoms with Crippen LogP contribution in [0.5, 0.6) is 23.0 Å². The van der Waals surface area contributed by atoms with Gasteiger partial charge in [0.1, 0.15) is 11.5 Å². The molecule has 2 aromatic carbocycles. The van der Waals surface area contributed by atoms with Crippen molar-refractivity contribution >= 4 is 26.6 Å². The van der Waals surface area contributed by atoms with Gasteiger partial charge in [0.15, 0.2) is 11.5 Å². The third kappa shape index (κ3) is 5.56. The van der Waals surface area contributed by atoms with Crippen LogP contribution < -0.4 is 17.8 Å². The van der Waals surface area contributed by atoms with Crippen molar-refractivity contribution < 1.29 is 48.6 Å². The lowest BCUT2D eigenvalue weighted by Crippen LogP contribution is -2.14. The van der Waals surface area contributed by atoms with Crippen LogP contribution in [-0.2, 0) is 20.8 Å². The van der Waals surface area contributed by atoms with Crippen molar-refractivity contribution in [3.05, 3.63) is 47.5 Å². The minimum absolute atomic E-state index is 0.111. The van der Waals surface area contributed by atoms with Crippen LogP contribution in [0.3, 0.4) is 0 Å². The topological polar surface area (TPSA) is 163 Å². The van der Waals surface area contributed by atoms with Crippen LogP contribution in [-0.4, -0.2) is 45.9 Å². The maximum Gasteiger partial charge on any atom is 0.446 e. The molecule has 0 aliphatic rings. The molecule has 0 radical (unpaired) electrons. The Morgan fingerprint density at radius 3 is 1.39 bits per heavy atom. The average molecular weight is 434 g/mol. The number of hydrogen-bond acceptors (Lipinski definition) is 9. The fourth-order valence-electron chi connectivity index (χ4n) is 2.14. The summed E-state index contributed by atoms with van der Waals surface area (Å²) in [5.74, 6) is -1.89. The quantitative estimate of drug-likeness (QED) is 0.454. The number of ether oxygens (including phenoxy) is 2. The molecule has 2 aromatic rings. The van der Waals surface area contributed by atoms with E-state index in [1.165, 1.54) is 26.4 Å². The summed E-state index contributed by atoms with van der Waals surface area (Å²) in [4.78, 5) is 12.9. The molecular weight excluding hydrogens is 420 g/mol. The Balaban J connectivity index is 2.62. The second kappa shape index (κ2) is 8.02. The molecule has 0 aromatic heterocycles. The third-order valence-electron chi connectivity index (χ3n) is 3.26. The SMILES string of the molecule is COc1ccc(C(=O)c2ccc(OC)cc2OS(=O)(=O)O)c(OS(=O)(=O)O)c1. The molecule has 0 fully saturated rings. The maximum absolute atomic E-state index is 12.9. The van der Waals surface area contributed by atoms with E-state index in [-0.39, 0.29) is 22.6 Å². The number of ketones is 1. The Kier molecular flexibility index (Phi) is 6.14. The molecule has 0 heterocycles. The van der Waals surface area contributed by atoms with E-state index in [1.54, 1.807) is 0 Å². The molecule has 11 nitrogen and oxygen atoms in total. The second-order valence-electron chi connectivity index (χ2n) is 5.08. The highest BCUT2D eigenvalue weighted by molar-refractivity contribution is 7.81. The fourth-order valence-corrected chi connectivity index (χ4v) is 2.87. The van der Waals surface area contributed by atoms with Crippen LogP contribution in [0.15, 0.2) is 36.4 Å². The number of hydrogen-bond donors (Lipinski definition) is 2. The summed E-state index contributed by atoms with van der Waals surface area (Å²) >= 11 is 0. The van der Waals surface area contributed by atoms with Gasteiger partial charge in [-0.15, -0.1) is 0 Å². The predicted molar refractivity (Wildman–Crippen MR) is 93.8 cm³/mol. The van der Waals surface area contributed by atoms with Gasteiger partial charge in [0.25, 0.3) is 0 Å². The molecule has 0 unspecified atom stereocenters. The van der Waals surface area contributed by atoms with Gasteiger partial charge in [-0.3, -0.25) is 13.9 Å². The first-order chi connectivity index (χ1) is 12.9. The molecule has 0 atom stereocenters. The molecule has 0 saturated carbocycles. The van der Waals surface area contributed by atoms with Gasteiger partial charge in [-0.05, 0) is 24.3 Å². The minimum Gasteiger partial charge on any atom is -0.497 e. The lowest BCUT2D eigenvalue weighted by Gasteiger charge is -2.13. The standard InChI is InChI=1S/C15H14O11S2/c1-23-9-3-5-11(13(7-9)25-27(17,18)19)15(16)12-6-4-10(24-2)8-14(12)26-28(20,21)22/h3-8H,1-2H3,(H,17,18,19)(H,20,21,22). The molecule has 0 spiro atoms. The number of benzene rings is 2. The summed E-state index contributed by atoms with van der Waals surface area (Å²) in [7, 11) is -7.42. The smallest absolute Gasteiger partial charge is 0.446 e. The summed E-state index contributed by atoms with van der Waals surface area (Å²) in [6, 6.07) is 6.90. The monoisotopic (exact) mass is 434 g/mol. The fraction of sp³-hybridized carbons (Fsp3) is 0.133. The molecule has 152 valence electrons. The van der Waals surface area contributed by atoms with Crippen LogP contribution >= 0.6 is 0 Å². The molecule has 2 rings (SSSR count). The second-order valence-corrected chi connectivity index (χ2v) is 7.12. The molecule has 0 amide bonds. The number of rotatable bonds is 8. The van der Waals surface area contributed by atoms with Crippen molar-refractivity contribution in [3.63, 3.8) is 0 Å². The highest BCUT2D eigenvalue weighted by atomic mass is 32.3. The Morgan fingerprint density at radius 1 is 0.750 bits per heavy atom. The van der Waals surface area contributed by atoms with Gasteiger partial charge in [-0.25, -0.2) is 0 Å². The summed E-state index contributed by atoms with van der Waals surface area (Å²) in [6.45, 7) is 0. The summed E-state index contributed by atoms with van der Waals surface area (Å²) < 4.78 is 80.8. The van der Waals surface area contributed by atoms with Gasteiger partial charge in [-0.1, -0.05) is 0 Å². The van der Waals surface area contributed by atoms with Crippen LogP contribution in [0.2, 0.25) is 0 Å². The molecular formula is C15H14O11S2. The minimum atomic E-state index is -4.98. The Bertz CT molecular complexity index is 1020. The number of carbonyl (C=O) groups excluding carboxylic acids is 1. The summed E-state index contributed by atoms with van der Waals surface area (Å²) in [5, 5.41) is 0. The van der Waals surface area contributed by atoms with Gasteiger partial charge in [0.05, 0.1) is 25.3 Å². The zero-order chi connectivity index (χ0) is 21.1. The maximum atomic E-state index is 12.9. The van der Waals surface area contributed by atoms with Crippen molar-refractivity contribution in [2.24, 2.45) is 0 Å². The van der Waals surface area contributed by atoms with Gasteiger partial charge in [0, 0.05) is 12.1 Å². The molecule has 28 heavy (non-hydrogen) atoms. The van der Waals surface area contributed by atoms with Crippen molar-refractivity contribution in [1.82, 2.24) is 0 Å². The summed E-state index contributed by atoms with van der Waals surface area (Å²) in [6.07, 6.45) is 0. The van der Waals surface area contributed by atoms with E-state index in [4.69, 9.17) is 18.6 Å². The van der Waals surface area contributed by atoms with Crippen molar-refractivity contribution in [1.29, 1.82) is 0 Å². The largest absolute Gasteiger partial charge is 0.497 e. The van der Waals surface area contributed by atoms with Gasteiger partial charge in [0.2, 0.25) is 5.78 Å². The number of carbonyl (C=O) groups is 1. The first-order valence-corrected chi connectivity index (χ1v) is 9.91.